The van der Waals surface area contributed by atoms with Gasteiger partial charge in [-0.2, -0.15) is 4.98 Å². The maximum Gasteiger partial charge on any atom is 0.229 e. The highest BCUT2D eigenvalue weighted by atomic mass is 32.1. The number of nitrogens with zero attached hydrogens (tertiary/aromatic N) is 3. The molecule has 5 rings (SSSR count). The first-order chi connectivity index (χ1) is 13.8. The fourth-order valence-corrected chi connectivity index (χ4v) is 4.17. The molecule has 0 bridgehead atoms. The lowest BCUT2D eigenvalue weighted by atomic mass is 10.1. The van der Waals surface area contributed by atoms with Crippen LogP contribution in [0, 0.1) is 0 Å². The predicted molar refractivity (Wildman–Crippen MR) is 112 cm³/mol. The summed E-state index contributed by atoms with van der Waals surface area (Å²) in [6, 6.07) is 8.31. The Balaban J connectivity index is 1.43. The molecule has 2 aromatic heterocycles. The van der Waals surface area contributed by atoms with Crippen molar-refractivity contribution in [3.63, 3.8) is 0 Å². The van der Waals surface area contributed by atoms with Gasteiger partial charge in [-0.3, -0.25) is 4.79 Å². The summed E-state index contributed by atoms with van der Waals surface area (Å²) < 4.78 is 6.48. The summed E-state index contributed by atoms with van der Waals surface area (Å²) in [5, 5.41) is 8.79. The van der Waals surface area contributed by atoms with Crippen molar-refractivity contribution >= 4 is 51.0 Å². The first-order valence-corrected chi connectivity index (χ1v) is 10.4. The van der Waals surface area contributed by atoms with Gasteiger partial charge in [-0.05, 0) is 42.5 Å². The highest BCUT2D eigenvalue weighted by Crippen LogP contribution is 2.33. The molecule has 3 heterocycles. The number of ether oxygens (including phenoxy) is 1. The molecule has 1 aliphatic heterocycles. The van der Waals surface area contributed by atoms with Crippen LogP contribution < -0.4 is 15.5 Å². The number of carbonyl (C=O) groups excluding carboxylic acids is 1. The van der Waals surface area contributed by atoms with Crippen molar-refractivity contribution in [3.05, 3.63) is 35.2 Å². The molecule has 0 spiro atoms. The third-order valence-corrected chi connectivity index (χ3v) is 5.89. The van der Waals surface area contributed by atoms with Gasteiger partial charge in [0.15, 0.2) is 6.29 Å². The summed E-state index contributed by atoms with van der Waals surface area (Å²) in [7, 11) is 0. The number of nitrogens with one attached hydrogen (secondary N) is 2. The Morgan fingerprint density at radius 1 is 1.18 bits per heavy atom. The number of aromatic nitrogens is 2. The minimum Gasteiger partial charge on any atom is -0.378 e. The molecule has 0 amide bonds. The lowest BCUT2D eigenvalue weighted by molar-refractivity contribution is 0.111. The highest BCUT2D eigenvalue weighted by molar-refractivity contribution is 7.17. The third-order valence-electron chi connectivity index (χ3n) is 4.98. The van der Waals surface area contributed by atoms with Crippen molar-refractivity contribution < 1.29 is 9.53 Å². The molecule has 1 aromatic carbocycles. The fraction of sp³-hybridized carbons (Fsp3) is 0.350. The standard InChI is InChI=1S/C20H21N5O2S/c26-12-13-11-15(3-4-17(13)25-6-8-27-9-7-25)22-20-23-16-5-10-28-18(16)19(24-20)21-14-1-2-14/h3-5,10-12,14H,1-2,6-9H2,(H2,21,22,23,24). The molecule has 2 N–H and O–H groups in total. The summed E-state index contributed by atoms with van der Waals surface area (Å²) >= 11 is 1.65. The molecule has 2 fully saturated rings. The Hall–Kier alpha value is -2.71. The first kappa shape index (κ1) is 17.4. The van der Waals surface area contributed by atoms with Crippen LogP contribution in [0.2, 0.25) is 0 Å². The molecule has 8 heteroatoms. The van der Waals surface area contributed by atoms with E-state index in [0.29, 0.717) is 30.8 Å². The lowest BCUT2D eigenvalue weighted by Gasteiger charge is -2.30. The zero-order valence-corrected chi connectivity index (χ0v) is 16.2. The number of carbonyl (C=O) groups is 1. The van der Waals surface area contributed by atoms with E-state index < -0.39 is 0 Å². The van der Waals surface area contributed by atoms with Gasteiger partial charge in [0.05, 0.1) is 23.4 Å². The van der Waals surface area contributed by atoms with E-state index >= 15 is 0 Å². The molecular formula is C20H21N5O2S. The van der Waals surface area contributed by atoms with E-state index in [0.717, 1.165) is 46.8 Å². The largest absolute Gasteiger partial charge is 0.378 e. The second-order valence-corrected chi connectivity index (χ2v) is 7.98. The quantitative estimate of drug-likeness (QED) is 0.617. The zero-order valence-electron chi connectivity index (χ0n) is 15.4. The molecule has 3 aromatic rings. The maximum atomic E-state index is 11.7. The molecule has 0 atom stereocenters. The van der Waals surface area contributed by atoms with Gasteiger partial charge in [0, 0.05) is 36.1 Å². The number of thiophene rings is 1. The van der Waals surface area contributed by atoms with Gasteiger partial charge in [0.1, 0.15) is 5.82 Å². The fourth-order valence-electron chi connectivity index (χ4n) is 3.39. The van der Waals surface area contributed by atoms with Crippen molar-refractivity contribution in [2.24, 2.45) is 0 Å². The summed E-state index contributed by atoms with van der Waals surface area (Å²) in [6.45, 7) is 2.95. The third kappa shape index (κ3) is 3.53. The van der Waals surface area contributed by atoms with Gasteiger partial charge >= 0.3 is 0 Å². The number of benzene rings is 1. The van der Waals surface area contributed by atoms with Crippen LogP contribution in [0.5, 0.6) is 0 Å². The van der Waals surface area contributed by atoms with Crippen molar-refractivity contribution in [2.75, 3.05) is 41.8 Å². The molecule has 0 radical (unpaired) electrons. The summed E-state index contributed by atoms with van der Waals surface area (Å²) in [5.74, 6) is 1.41. The SMILES string of the molecule is O=Cc1cc(Nc2nc(NC3CC3)c3sccc3n2)ccc1N1CCOCC1. The van der Waals surface area contributed by atoms with Gasteiger partial charge in [0.2, 0.25) is 5.95 Å². The van der Waals surface area contributed by atoms with Gasteiger partial charge in [-0.1, -0.05) is 0 Å². The van der Waals surface area contributed by atoms with E-state index in [1.54, 1.807) is 11.3 Å². The zero-order chi connectivity index (χ0) is 18.9. The number of rotatable bonds is 6. The van der Waals surface area contributed by atoms with Crippen molar-refractivity contribution in [2.45, 2.75) is 18.9 Å². The monoisotopic (exact) mass is 395 g/mol. The Morgan fingerprint density at radius 3 is 2.82 bits per heavy atom. The molecule has 28 heavy (non-hydrogen) atoms. The van der Waals surface area contributed by atoms with Crippen LogP contribution in [0.4, 0.5) is 23.1 Å². The van der Waals surface area contributed by atoms with Crippen molar-refractivity contribution in [1.82, 2.24) is 9.97 Å². The van der Waals surface area contributed by atoms with Gasteiger partial charge in [-0.25, -0.2) is 4.98 Å². The normalized spacial score (nSPS) is 16.9. The van der Waals surface area contributed by atoms with E-state index in [1.807, 2.05) is 29.6 Å². The number of hydrogen-bond donors (Lipinski definition) is 2. The van der Waals surface area contributed by atoms with E-state index in [1.165, 1.54) is 12.8 Å². The van der Waals surface area contributed by atoms with Gasteiger partial charge in [0.25, 0.3) is 0 Å². The Bertz CT molecular complexity index is 1010. The molecule has 1 saturated carbocycles. The van der Waals surface area contributed by atoms with Crippen LogP contribution in [0.15, 0.2) is 29.6 Å². The molecule has 2 aliphatic rings. The number of morpholine rings is 1. The molecular weight excluding hydrogens is 374 g/mol. The molecule has 7 nitrogen and oxygen atoms in total. The Kier molecular flexibility index (Phi) is 4.58. The van der Waals surface area contributed by atoms with E-state index in [2.05, 4.69) is 25.5 Å². The second kappa shape index (κ2) is 7.37. The number of aldehydes is 1. The molecule has 1 saturated heterocycles. The molecule has 144 valence electrons. The van der Waals surface area contributed by atoms with Crippen molar-refractivity contribution in [1.29, 1.82) is 0 Å². The summed E-state index contributed by atoms with van der Waals surface area (Å²) in [6.07, 6.45) is 3.27. The average molecular weight is 395 g/mol. The van der Waals surface area contributed by atoms with Crippen LogP contribution in [0.1, 0.15) is 23.2 Å². The van der Waals surface area contributed by atoms with Crippen LogP contribution in [0.3, 0.4) is 0 Å². The predicted octanol–water partition coefficient (Wildman–Crippen LogP) is 3.66. The number of fused-ring (bicyclic) bond motifs is 1. The van der Waals surface area contributed by atoms with E-state index in [4.69, 9.17) is 4.74 Å². The second-order valence-electron chi connectivity index (χ2n) is 7.07. The minimum atomic E-state index is 0.516. The Morgan fingerprint density at radius 2 is 2.04 bits per heavy atom. The van der Waals surface area contributed by atoms with Crippen LogP contribution in [0.25, 0.3) is 10.2 Å². The highest BCUT2D eigenvalue weighted by Gasteiger charge is 2.23. The van der Waals surface area contributed by atoms with E-state index in [-0.39, 0.29) is 0 Å². The van der Waals surface area contributed by atoms with Gasteiger partial charge in [-0.15, -0.1) is 11.3 Å². The van der Waals surface area contributed by atoms with Crippen LogP contribution in [-0.4, -0.2) is 48.6 Å². The maximum absolute atomic E-state index is 11.7. The average Bonchev–Trinajstić information content (AvgIpc) is 3.42. The van der Waals surface area contributed by atoms with E-state index in [9.17, 15) is 4.79 Å². The first-order valence-electron chi connectivity index (χ1n) is 9.51. The van der Waals surface area contributed by atoms with Crippen LogP contribution in [-0.2, 0) is 4.74 Å². The number of anilines is 4. The Labute approximate surface area is 166 Å². The number of hydrogen-bond acceptors (Lipinski definition) is 8. The topological polar surface area (TPSA) is 79.4 Å². The lowest BCUT2D eigenvalue weighted by Crippen LogP contribution is -2.36. The van der Waals surface area contributed by atoms with Gasteiger partial charge < -0.3 is 20.3 Å². The minimum absolute atomic E-state index is 0.516. The van der Waals surface area contributed by atoms with Crippen molar-refractivity contribution in [3.8, 4) is 0 Å². The smallest absolute Gasteiger partial charge is 0.229 e. The molecule has 0 unspecified atom stereocenters. The molecule has 1 aliphatic carbocycles. The summed E-state index contributed by atoms with van der Waals surface area (Å²) in [4.78, 5) is 23.2. The summed E-state index contributed by atoms with van der Waals surface area (Å²) in [5.41, 5.74) is 3.31. The van der Waals surface area contributed by atoms with Crippen LogP contribution >= 0.6 is 11.3 Å².